The highest BCUT2D eigenvalue weighted by Gasteiger charge is 2.34. The largest absolute Gasteiger partial charge is 0.496 e. The average Bonchev–Trinajstić information content (AvgIpc) is 3.62. The number of nitrogens with zero attached hydrogens (tertiary/aromatic N) is 3. The molecule has 1 aromatic heterocycles. The van der Waals surface area contributed by atoms with Crippen molar-refractivity contribution < 1.29 is 27.9 Å². The van der Waals surface area contributed by atoms with Crippen molar-refractivity contribution in [2.24, 2.45) is 10.2 Å². The molecule has 0 bridgehead atoms. The van der Waals surface area contributed by atoms with Crippen molar-refractivity contribution in [3.05, 3.63) is 118 Å². The monoisotopic (exact) mass is 618 g/mol. The van der Waals surface area contributed by atoms with Gasteiger partial charge in [-0.3, -0.25) is 14.5 Å². The predicted molar refractivity (Wildman–Crippen MR) is 165 cm³/mol. The Bertz CT molecular complexity index is 1710. The maximum Gasteiger partial charge on any atom is 0.267 e. The van der Waals surface area contributed by atoms with Crippen LogP contribution in [0.25, 0.3) is 6.08 Å². The summed E-state index contributed by atoms with van der Waals surface area (Å²) in [7, 11) is 1.57. The second-order valence-electron chi connectivity index (χ2n) is 8.98. The van der Waals surface area contributed by atoms with Crippen LogP contribution in [0.15, 0.2) is 105 Å². The van der Waals surface area contributed by atoms with Gasteiger partial charge in [-0.1, -0.05) is 23.7 Å². The molecule has 0 spiro atoms. The topological polar surface area (TPSA) is 106 Å². The molecular weight excluding hydrogens is 595 g/mol. The number of halogens is 2. The molecule has 2 amide bonds. The number of benzene rings is 3. The molecule has 0 unspecified atom stereocenters. The van der Waals surface area contributed by atoms with Crippen molar-refractivity contribution in [2.45, 2.75) is 6.54 Å². The highest BCUT2D eigenvalue weighted by Crippen LogP contribution is 2.36. The summed E-state index contributed by atoms with van der Waals surface area (Å²) in [4.78, 5) is 27.8. The first-order chi connectivity index (χ1) is 20.9. The van der Waals surface area contributed by atoms with Gasteiger partial charge in [-0.15, -0.1) is 5.10 Å². The molecule has 0 radical (unpaired) electrons. The first-order valence-corrected chi connectivity index (χ1v) is 14.0. The number of ether oxygens (including phenoxy) is 2. The number of anilines is 1. The van der Waals surface area contributed by atoms with Gasteiger partial charge >= 0.3 is 0 Å². The fourth-order valence-electron chi connectivity index (χ4n) is 3.97. The third-order valence-corrected chi connectivity index (χ3v) is 7.24. The summed E-state index contributed by atoms with van der Waals surface area (Å²) in [6.45, 7) is -0.188. The van der Waals surface area contributed by atoms with Gasteiger partial charge in [0.25, 0.3) is 11.8 Å². The molecule has 0 atom stereocenters. The molecule has 9 nitrogen and oxygen atoms in total. The van der Waals surface area contributed by atoms with Crippen LogP contribution >= 0.6 is 23.4 Å². The smallest absolute Gasteiger partial charge is 0.267 e. The zero-order valence-electron chi connectivity index (χ0n) is 22.7. The van der Waals surface area contributed by atoms with Gasteiger partial charge in [-0.05, 0) is 84.6 Å². The number of hydrogen-bond acceptors (Lipinski definition) is 8. The van der Waals surface area contributed by atoms with Crippen molar-refractivity contribution in [1.29, 1.82) is 0 Å². The zero-order valence-corrected chi connectivity index (χ0v) is 24.3. The van der Waals surface area contributed by atoms with Crippen LogP contribution in [0, 0.1) is 5.82 Å². The van der Waals surface area contributed by atoms with Gasteiger partial charge in [-0.25, -0.2) is 4.39 Å². The van der Waals surface area contributed by atoms with E-state index >= 15 is 0 Å². The number of para-hydroxylation sites is 1. The van der Waals surface area contributed by atoms with E-state index in [4.69, 9.17) is 25.5 Å². The molecule has 1 saturated heterocycles. The zero-order chi connectivity index (χ0) is 30.2. The molecule has 1 fully saturated rings. The second-order valence-corrected chi connectivity index (χ2v) is 10.4. The van der Waals surface area contributed by atoms with Crippen molar-refractivity contribution in [1.82, 2.24) is 4.90 Å². The number of amides is 2. The molecule has 1 aliphatic rings. The summed E-state index contributed by atoms with van der Waals surface area (Å²) in [6.07, 6.45) is 4.69. The van der Waals surface area contributed by atoms with Crippen LogP contribution in [-0.2, 0) is 16.1 Å². The van der Waals surface area contributed by atoms with E-state index < -0.39 is 11.7 Å². The molecule has 43 heavy (non-hydrogen) atoms. The highest BCUT2D eigenvalue weighted by molar-refractivity contribution is 8.18. The van der Waals surface area contributed by atoms with Gasteiger partial charge < -0.3 is 19.2 Å². The maximum absolute atomic E-state index is 13.5. The van der Waals surface area contributed by atoms with Crippen molar-refractivity contribution >= 4 is 58.3 Å². The lowest BCUT2D eigenvalue weighted by Gasteiger charge is -2.13. The minimum Gasteiger partial charge on any atom is -0.496 e. The van der Waals surface area contributed by atoms with E-state index in [1.54, 1.807) is 49.7 Å². The number of carbonyl (C=O) groups is 2. The van der Waals surface area contributed by atoms with Crippen LogP contribution in [0.1, 0.15) is 16.9 Å². The van der Waals surface area contributed by atoms with Crippen LogP contribution in [0.4, 0.5) is 10.1 Å². The Kier molecular flexibility index (Phi) is 9.55. The predicted octanol–water partition coefficient (Wildman–Crippen LogP) is 6.60. The normalized spacial score (nSPS) is 15.0. The van der Waals surface area contributed by atoms with Crippen LogP contribution in [0.2, 0.25) is 5.02 Å². The van der Waals surface area contributed by atoms with Crippen LogP contribution < -0.4 is 14.8 Å². The number of nitrogens with one attached hydrogen (secondary N) is 1. The molecule has 2 heterocycles. The van der Waals surface area contributed by atoms with Gasteiger partial charge in [0, 0.05) is 21.8 Å². The Hall–Kier alpha value is -4.87. The third-order valence-electron chi connectivity index (χ3n) is 6.01. The molecule has 1 aliphatic heterocycles. The molecule has 3 aromatic carbocycles. The van der Waals surface area contributed by atoms with E-state index in [2.05, 4.69) is 15.5 Å². The first kappa shape index (κ1) is 29.6. The Morgan fingerprint density at radius 2 is 1.88 bits per heavy atom. The lowest BCUT2D eigenvalue weighted by Crippen LogP contribution is -2.28. The Morgan fingerprint density at radius 3 is 2.65 bits per heavy atom. The Labute approximate surface area is 255 Å². The average molecular weight is 619 g/mol. The number of rotatable bonds is 10. The Morgan fingerprint density at radius 1 is 1.07 bits per heavy atom. The molecular formula is C31H24ClFN4O5S. The first-order valence-electron chi connectivity index (χ1n) is 12.8. The number of furan rings is 1. The van der Waals surface area contributed by atoms with Gasteiger partial charge in [0.05, 0.1) is 31.0 Å². The summed E-state index contributed by atoms with van der Waals surface area (Å²) in [6, 6.07) is 21.1. The summed E-state index contributed by atoms with van der Waals surface area (Å²) >= 11 is 7.39. The molecule has 4 aromatic rings. The summed E-state index contributed by atoms with van der Waals surface area (Å²) < 4.78 is 29.7. The standard InChI is InChI=1S/C31H24ClFN4O5S/c1-40-26-7-3-2-5-20(26)17-34-36-31-37(18-25-6-4-14-41-25)30(39)28(43-31)16-21-15-22(32)8-13-27(21)42-19-29(38)35-24-11-9-23(33)10-12-24/h2-17H,18-19H2,1H3,(H,35,38)/b28-16-,34-17-,36-31+. The summed E-state index contributed by atoms with van der Waals surface area (Å²) in [5, 5.41) is 11.9. The molecule has 1 N–H and O–H groups in total. The molecule has 218 valence electrons. The number of methoxy groups -OCH3 is 1. The van der Waals surface area contributed by atoms with E-state index in [-0.39, 0.29) is 19.1 Å². The molecule has 0 aliphatic carbocycles. The van der Waals surface area contributed by atoms with Gasteiger partial charge in [0.15, 0.2) is 11.8 Å². The van der Waals surface area contributed by atoms with Crippen molar-refractivity contribution in [3.8, 4) is 11.5 Å². The van der Waals surface area contributed by atoms with Crippen molar-refractivity contribution in [3.63, 3.8) is 0 Å². The number of amidine groups is 1. The van der Waals surface area contributed by atoms with Crippen molar-refractivity contribution in [2.75, 3.05) is 19.0 Å². The maximum atomic E-state index is 13.5. The van der Waals surface area contributed by atoms with E-state index in [0.717, 1.165) is 17.3 Å². The van der Waals surface area contributed by atoms with E-state index in [1.165, 1.54) is 35.4 Å². The quantitative estimate of drug-likeness (QED) is 0.122. The van der Waals surface area contributed by atoms with Gasteiger partial charge in [0.2, 0.25) is 0 Å². The fraction of sp³-hybridized carbons (Fsp3) is 0.0968. The van der Waals surface area contributed by atoms with Gasteiger partial charge in [-0.2, -0.15) is 5.10 Å². The lowest BCUT2D eigenvalue weighted by atomic mass is 10.2. The lowest BCUT2D eigenvalue weighted by molar-refractivity contribution is -0.122. The second kappa shape index (κ2) is 13.9. The van der Waals surface area contributed by atoms with E-state index in [0.29, 0.717) is 43.6 Å². The third kappa shape index (κ3) is 7.70. The van der Waals surface area contributed by atoms with E-state index in [1.807, 2.05) is 24.3 Å². The van der Waals surface area contributed by atoms with E-state index in [9.17, 15) is 14.0 Å². The minimum atomic E-state index is -0.446. The number of hydrogen-bond donors (Lipinski definition) is 1. The highest BCUT2D eigenvalue weighted by atomic mass is 35.5. The number of thioether (sulfide) groups is 1. The Balaban J connectivity index is 1.37. The molecule has 12 heteroatoms. The van der Waals surface area contributed by atoms with Gasteiger partial charge in [0.1, 0.15) is 23.1 Å². The number of carbonyl (C=O) groups excluding carboxylic acids is 2. The summed E-state index contributed by atoms with van der Waals surface area (Å²) in [5.41, 5.74) is 1.63. The molecule has 5 rings (SSSR count). The van der Waals surface area contributed by atoms with Crippen LogP contribution in [0.3, 0.4) is 0 Å². The summed E-state index contributed by atoms with van der Waals surface area (Å²) in [5.74, 6) is 0.347. The molecule has 0 saturated carbocycles. The fourth-order valence-corrected chi connectivity index (χ4v) is 5.08. The van der Waals surface area contributed by atoms with Crippen LogP contribution in [-0.4, -0.2) is 41.8 Å². The SMILES string of the molecule is COc1ccccc1/C=N\N=C1\S/C(=C\c2cc(Cl)ccc2OCC(=O)Nc2ccc(F)cc2)C(=O)N1Cc1ccco1. The minimum absolute atomic E-state index is 0.141. The van der Waals surface area contributed by atoms with Crippen LogP contribution in [0.5, 0.6) is 11.5 Å².